The normalized spacial score (nSPS) is 20.4. The zero-order valence-electron chi connectivity index (χ0n) is 17.7. The molecule has 1 saturated heterocycles. The Morgan fingerprint density at radius 1 is 1.17 bits per heavy atom. The Bertz CT molecular complexity index is 697. The zero-order chi connectivity index (χ0) is 20.8. The van der Waals surface area contributed by atoms with Gasteiger partial charge in [0, 0.05) is 38.3 Å². The Hall–Kier alpha value is -1.95. The molecule has 6 heteroatoms. The van der Waals surface area contributed by atoms with Crippen molar-refractivity contribution in [3.05, 3.63) is 35.6 Å². The van der Waals surface area contributed by atoms with E-state index in [1.807, 2.05) is 0 Å². The molecule has 1 heterocycles. The Kier molecular flexibility index (Phi) is 7.64. The van der Waals surface area contributed by atoms with Crippen molar-refractivity contribution in [1.29, 1.82) is 0 Å². The summed E-state index contributed by atoms with van der Waals surface area (Å²) >= 11 is 0. The van der Waals surface area contributed by atoms with Gasteiger partial charge in [-0.25, -0.2) is 4.39 Å². The SMILES string of the molecule is CC[C@@H](C)CNC(=O)[C@H](C1CCCC1)N1CCN(C(=O)c2cccc(F)c2)CC1. The average Bonchev–Trinajstić information content (AvgIpc) is 3.26. The highest BCUT2D eigenvalue weighted by Crippen LogP contribution is 2.31. The molecule has 5 nitrogen and oxygen atoms in total. The molecule has 1 N–H and O–H groups in total. The zero-order valence-corrected chi connectivity index (χ0v) is 17.7. The second kappa shape index (κ2) is 10.2. The first kappa shape index (κ1) is 21.8. The molecule has 1 aliphatic heterocycles. The van der Waals surface area contributed by atoms with Crippen molar-refractivity contribution in [1.82, 2.24) is 15.1 Å². The summed E-state index contributed by atoms with van der Waals surface area (Å²) in [5.74, 6) is 0.486. The van der Waals surface area contributed by atoms with E-state index in [1.165, 1.54) is 25.0 Å². The fourth-order valence-electron chi connectivity index (χ4n) is 4.48. The summed E-state index contributed by atoms with van der Waals surface area (Å²) in [5.41, 5.74) is 0.386. The molecule has 29 heavy (non-hydrogen) atoms. The lowest BCUT2D eigenvalue weighted by molar-refractivity contribution is -0.129. The summed E-state index contributed by atoms with van der Waals surface area (Å²) in [6.45, 7) is 7.50. The molecule has 2 fully saturated rings. The number of rotatable bonds is 7. The molecule has 0 unspecified atom stereocenters. The number of piperazine rings is 1. The maximum Gasteiger partial charge on any atom is 0.254 e. The number of hydrogen-bond donors (Lipinski definition) is 1. The van der Waals surface area contributed by atoms with Gasteiger partial charge in [-0.3, -0.25) is 14.5 Å². The van der Waals surface area contributed by atoms with Gasteiger partial charge in [0.15, 0.2) is 0 Å². The molecule has 1 aliphatic carbocycles. The topological polar surface area (TPSA) is 52.7 Å². The summed E-state index contributed by atoms with van der Waals surface area (Å²) in [5, 5.41) is 3.17. The van der Waals surface area contributed by atoms with Crippen LogP contribution in [0.5, 0.6) is 0 Å². The third-order valence-electron chi connectivity index (χ3n) is 6.50. The Morgan fingerprint density at radius 2 is 1.86 bits per heavy atom. The molecular formula is C23H34FN3O2. The van der Waals surface area contributed by atoms with E-state index in [-0.39, 0.29) is 17.9 Å². The molecule has 3 rings (SSSR count). The number of hydrogen-bond acceptors (Lipinski definition) is 3. The van der Waals surface area contributed by atoms with Crippen LogP contribution in [0.1, 0.15) is 56.3 Å². The van der Waals surface area contributed by atoms with E-state index in [1.54, 1.807) is 17.0 Å². The van der Waals surface area contributed by atoms with Gasteiger partial charge in [0.1, 0.15) is 5.82 Å². The molecule has 1 aromatic rings. The van der Waals surface area contributed by atoms with Crippen molar-refractivity contribution in [2.24, 2.45) is 11.8 Å². The lowest BCUT2D eigenvalue weighted by Gasteiger charge is -2.41. The van der Waals surface area contributed by atoms with Gasteiger partial charge in [-0.1, -0.05) is 39.2 Å². The van der Waals surface area contributed by atoms with E-state index in [0.717, 1.165) is 25.8 Å². The second-order valence-corrected chi connectivity index (χ2v) is 8.59. The monoisotopic (exact) mass is 403 g/mol. The van der Waals surface area contributed by atoms with Crippen LogP contribution in [-0.2, 0) is 4.79 Å². The van der Waals surface area contributed by atoms with E-state index in [2.05, 4.69) is 24.1 Å². The van der Waals surface area contributed by atoms with Crippen LogP contribution in [0.2, 0.25) is 0 Å². The van der Waals surface area contributed by atoms with Gasteiger partial charge in [-0.2, -0.15) is 0 Å². The van der Waals surface area contributed by atoms with Crippen molar-refractivity contribution in [3.8, 4) is 0 Å². The maximum absolute atomic E-state index is 13.5. The predicted octanol–water partition coefficient (Wildman–Crippen LogP) is 3.30. The molecule has 2 amide bonds. The summed E-state index contributed by atoms with van der Waals surface area (Å²) in [4.78, 5) is 29.8. The molecule has 160 valence electrons. The van der Waals surface area contributed by atoms with E-state index in [0.29, 0.717) is 43.6 Å². The summed E-state index contributed by atoms with van der Waals surface area (Å²) in [6.07, 6.45) is 5.64. The van der Waals surface area contributed by atoms with Gasteiger partial charge < -0.3 is 10.2 Å². The molecule has 0 spiro atoms. The molecule has 2 aliphatic rings. The molecule has 1 aromatic carbocycles. The first-order valence-electron chi connectivity index (χ1n) is 11.1. The first-order valence-corrected chi connectivity index (χ1v) is 11.1. The van der Waals surface area contributed by atoms with E-state index >= 15 is 0 Å². The minimum Gasteiger partial charge on any atom is -0.354 e. The van der Waals surface area contributed by atoms with E-state index in [4.69, 9.17) is 0 Å². The second-order valence-electron chi connectivity index (χ2n) is 8.59. The van der Waals surface area contributed by atoms with Gasteiger partial charge in [0.05, 0.1) is 6.04 Å². The maximum atomic E-state index is 13.5. The molecule has 0 aromatic heterocycles. The summed E-state index contributed by atoms with van der Waals surface area (Å²) < 4.78 is 13.5. The van der Waals surface area contributed by atoms with Crippen molar-refractivity contribution >= 4 is 11.8 Å². The van der Waals surface area contributed by atoms with Gasteiger partial charge in [0.25, 0.3) is 5.91 Å². The van der Waals surface area contributed by atoms with Crippen LogP contribution in [0, 0.1) is 17.7 Å². The quantitative estimate of drug-likeness (QED) is 0.760. The van der Waals surface area contributed by atoms with Crippen molar-refractivity contribution in [2.75, 3.05) is 32.7 Å². The number of carbonyl (C=O) groups is 2. The molecule has 0 radical (unpaired) electrons. The van der Waals surface area contributed by atoms with Crippen molar-refractivity contribution < 1.29 is 14.0 Å². The van der Waals surface area contributed by atoms with Crippen molar-refractivity contribution in [3.63, 3.8) is 0 Å². The Balaban J connectivity index is 1.61. The van der Waals surface area contributed by atoms with Gasteiger partial charge in [0.2, 0.25) is 5.91 Å². The van der Waals surface area contributed by atoms with E-state index in [9.17, 15) is 14.0 Å². The average molecular weight is 404 g/mol. The van der Waals surface area contributed by atoms with Gasteiger partial charge in [-0.05, 0) is 42.9 Å². The van der Waals surface area contributed by atoms with Crippen LogP contribution in [0.15, 0.2) is 24.3 Å². The van der Waals surface area contributed by atoms with Crippen LogP contribution < -0.4 is 5.32 Å². The minimum absolute atomic E-state index is 0.104. The molecule has 2 atom stereocenters. The highest BCUT2D eigenvalue weighted by atomic mass is 19.1. The third kappa shape index (κ3) is 5.56. The largest absolute Gasteiger partial charge is 0.354 e. The number of benzene rings is 1. The smallest absolute Gasteiger partial charge is 0.254 e. The molecule has 1 saturated carbocycles. The van der Waals surface area contributed by atoms with Crippen LogP contribution in [0.4, 0.5) is 4.39 Å². The lowest BCUT2D eigenvalue weighted by Crippen LogP contribution is -2.58. The number of halogens is 1. The molecule has 0 bridgehead atoms. The molecular weight excluding hydrogens is 369 g/mol. The number of nitrogens with zero attached hydrogens (tertiary/aromatic N) is 2. The highest BCUT2D eigenvalue weighted by molar-refractivity contribution is 5.94. The van der Waals surface area contributed by atoms with Gasteiger partial charge >= 0.3 is 0 Å². The highest BCUT2D eigenvalue weighted by Gasteiger charge is 2.37. The number of nitrogens with one attached hydrogen (secondary N) is 1. The number of carbonyl (C=O) groups excluding carboxylic acids is 2. The standard InChI is InChI=1S/C23H34FN3O2/c1-3-17(2)16-25-22(28)21(18-7-4-5-8-18)26-11-13-27(14-12-26)23(29)19-9-6-10-20(24)15-19/h6,9-10,15,17-18,21H,3-5,7-8,11-14,16H2,1-2H3,(H,25,28)/t17-,21+/m1/s1. The third-order valence-corrected chi connectivity index (χ3v) is 6.50. The first-order chi connectivity index (χ1) is 14.0. The van der Waals surface area contributed by atoms with Crippen LogP contribution in [0.3, 0.4) is 0 Å². The van der Waals surface area contributed by atoms with E-state index < -0.39 is 5.82 Å². The fourth-order valence-corrected chi connectivity index (χ4v) is 4.48. The van der Waals surface area contributed by atoms with Crippen LogP contribution in [0.25, 0.3) is 0 Å². The Morgan fingerprint density at radius 3 is 2.48 bits per heavy atom. The fraction of sp³-hybridized carbons (Fsp3) is 0.652. The van der Waals surface area contributed by atoms with Crippen LogP contribution >= 0.6 is 0 Å². The number of amides is 2. The lowest BCUT2D eigenvalue weighted by atomic mass is 9.94. The minimum atomic E-state index is -0.395. The summed E-state index contributed by atoms with van der Waals surface area (Å²) in [7, 11) is 0. The van der Waals surface area contributed by atoms with Crippen LogP contribution in [-0.4, -0.2) is 60.4 Å². The predicted molar refractivity (Wildman–Crippen MR) is 112 cm³/mol. The van der Waals surface area contributed by atoms with Crippen molar-refractivity contribution in [2.45, 2.75) is 52.0 Å². The Labute approximate surface area is 173 Å². The van der Waals surface area contributed by atoms with Gasteiger partial charge in [-0.15, -0.1) is 0 Å². The summed E-state index contributed by atoms with van der Waals surface area (Å²) in [6, 6.07) is 5.75.